The van der Waals surface area contributed by atoms with Crippen molar-refractivity contribution in [3.05, 3.63) is 60.2 Å². The lowest BCUT2D eigenvalue weighted by Crippen LogP contribution is -2.37. The standard InChI is InChI=1S/C23H24FN3O4/c24-18-7-5-16(6-8-18)21(28)17-9-12-27(13-10-17)11-2-14-30-23(29)26-20-4-1-3-19-22(20)31-15-25-19/h1,3-8,15,17H,2,9-14H2,(H,26,29). The highest BCUT2D eigenvalue weighted by atomic mass is 19.1. The van der Waals surface area contributed by atoms with Crippen molar-refractivity contribution in [2.45, 2.75) is 19.3 Å². The predicted molar refractivity (Wildman–Crippen MR) is 113 cm³/mol. The van der Waals surface area contributed by atoms with Crippen LogP contribution < -0.4 is 5.32 Å². The van der Waals surface area contributed by atoms with Gasteiger partial charge in [-0.3, -0.25) is 10.1 Å². The summed E-state index contributed by atoms with van der Waals surface area (Å²) < 4.78 is 23.6. The molecule has 31 heavy (non-hydrogen) atoms. The van der Waals surface area contributed by atoms with E-state index >= 15 is 0 Å². The molecule has 1 aliphatic rings. The number of carbonyl (C=O) groups excluding carboxylic acids is 2. The average Bonchev–Trinajstić information content (AvgIpc) is 3.27. The summed E-state index contributed by atoms with van der Waals surface area (Å²) in [5, 5.41) is 2.68. The van der Waals surface area contributed by atoms with Crippen molar-refractivity contribution in [2.24, 2.45) is 5.92 Å². The van der Waals surface area contributed by atoms with Gasteiger partial charge in [-0.1, -0.05) is 6.07 Å². The summed E-state index contributed by atoms with van der Waals surface area (Å²) >= 11 is 0. The number of halogens is 1. The number of hydrogen-bond donors (Lipinski definition) is 1. The van der Waals surface area contributed by atoms with Crippen molar-refractivity contribution in [1.29, 1.82) is 0 Å². The molecule has 0 bridgehead atoms. The van der Waals surface area contributed by atoms with E-state index in [0.717, 1.165) is 32.5 Å². The van der Waals surface area contributed by atoms with E-state index in [4.69, 9.17) is 9.15 Å². The second kappa shape index (κ2) is 9.70. The number of amides is 1. The smallest absolute Gasteiger partial charge is 0.411 e. The second-order valence-electron chi connectivity index (χ2n) is 7.61. The molecule has 4 rings (SSSR count). The van der Waals surface area contributed by atoms with Gasteiger partial charge in [-0.2, -0.15) is 0 Å². The Kier molecular flexibility index (Phi) is 6.57. The minimum Gasteiger partial charge on any atom is -0.449 e. The molecule has 2 aromatic carbocycles. The lowest BCUT2D eigenvalue weighted by Gasteiger charge is -2.31. The molecule has 2 heterocycles. The molecular formula is C23H24FN3O4. The van der Waals surface area contributed by atoms with Crippen LogP contribution in [-0.2, 0) is 4.74 Å². The molecule has 1 N–H and O–H groups in total. The number of benzene rings is 2. The number of ether oxygens (including phenoxy) is 1. The lowest BCUT2D eigenvalue weighted by molar-refractivity contribution is 0.0830. The maximum absolute atomic E-state index is 13.0. The summed E-state index contributed by atoms with van der Waals surface area (Å²) in [6, 6.07) is 11.1. The molecular weight excluding hydrogens is 401 g/mol. The van der Waals surface area contributed by atoms with Gasteiger partial charge < -0.3 is 14.1 Å². The van der Waals surface area contributed by atoms with Gasteiger partial charge in [0.2, 0.25) is 0 Å². The fourth-order valence-corrected chi connectivity index (χ4v) is 3.85. The van der Waals surface area contributed by atoms with E-state index in [-0.39, 0.29) is 17.5 Å². The van der Waals surface area contributed by atoms with E-state index < -0.39 is 6.09 Å². The molecule has 0 saturated carbocycles. The van der Waals surface area contributed by atoms with Crippen molar-refractivity contribution in [2.75, 3.05) is 31.6 Å². The molecule has 1 aliphatic heterocycles. The number of hydrogen-bond acceptors (Lipinski definition) is 6. The highest BCUT2D eigenvalue weighted by Crippen LogP contribution is 2.23. The number of aromatic nitrogens is 1. The van der Waals surface area contributed by atoms with Crippen molar-refractivity contribution < 1.29 is 23.1 Å². The predicted octanol–water partition coefficient (Wildman–Crippen LogP) is 4.50. The fourth-order valence-electron chi connectivity index (χ4n) is 3.85. The molecule has 1 saturated heterocycles. The number of fused-ring (bicyclic) bond motifs is 1. The van der Waals surface area contributed by atoms with E-state index in [9.17, 15) is 14.0 Å². The first kappa shape index (κ1) is 21.0. The van der Waals surface area contributed by atoms with Gasteiger partial charge in [0.05, 0.1) is 12.3 Å². The van der Waals surface area contributed by atoms with Gasteiger partial charge in [-0.05, 0) is 68.8 Å². The number of anilines is 1. The van der Waals surface area contributed by atoms with Crippen LogP contribution in [0.3, 0.4) is 0 Å². The number of carbonyl (C=O) groups is 2. The molecule has 162 valence electrons. The molecule has 0 aliphatic carbocycles. The van der Waals surface area contributed by atoms with E-state index in [1.807, 2.05) is 0 Å². The van der Waals surface area contributed by atoms with Gasteiger partial charge in [0.15, 0.2) is 17.8 Å². The highest BCUT2D eigenvalue weighted by Gasteiger charge is 2.25. The summed E-state index contributed by atoms with van der Waals surface area (Å²) in [7, 11) is 0. The molecule has 1 fully saturated rings. The number of rotatable bonds is 7. The van der Waals surface area contributed by atoms with Crippen LogP contribution in [0.2, 0.25) is 0 Å². The van der Waals surface area contributed by atoms with E-state index in [0.29, 0.717) is 35.4 Å². The van der Waals surface area contributed by atoms with E-state index in [2.05, 4.69) is 15.2 Å². The average molecular weight is 425 g/mol. The van der Waals surface area contributed by atoms with E-state index in [1.165, 1.54) is 18.5 Å². The monoisotopic (exact) mass is 425 g/mol. The number of ketones is 1. The zero-order chi connectivity index (χ0) is 21.6. The minimum absolute atomic E-state index is 0.0254. The van der Waals surface area contributed by atoms with Crippen molar-refractivity contribution >= 4 is 28.7 Å². The summed E-state index contributed by atoms with van der Waals surface area (Å²) in [5.74, 6) is -0.277. The first-order valence-electron chi connectivity index (χ1n) is 10.4. The van der Waals surface area contributed by atoms with Gasteiger partial charge in [0, 0.05) is 18.0 Å². The molecule has 3 aromatic rings. The number of nitrogens with zero attached hydrogens (tertiary/aromatic N) is 2. The second-order valence-corrected chi connectivity index (χ2v) is 7.61. The fraction of sp³-hybridized carbons (Fsp3) is 0.348. The third-order valence-corrected chi connectivity index (χ3v) is 5.53. The Morgan fingerprint density at radius 1 is 1.16 bits per heavy atom. The molecule has 1 amide bonds. The van der Waals surface area contributed by atoms with Gasteiger partial charge in [-0.25, -0.2) is 14.2 Å². The summed E-state index contributed by atoms with van der Waals surface area (Å²) in [6.07, 6.45) is 3.05. The third kappa shape index (κ3) is 5.27. The molecule has 0 spiro atoms. The van der Waals surface area contributed by atoms with Crippen LogP contribution in [-0.4, -0.2) is 48.0 Å². The molecule has 0 radical (unpaired) electrons. The van der Waals surface area contributed by atoms with Crippen LogP contribution in [0.1, 0.15) is 29.6 Å². The zero-order valence-corrected chi connectivity index (χ0v) is 17.1. The number of para-hydroxylation sites is 1. The maximum atomic E-state index is 13.0. The molecule has 0 atom stereocenters. The first-order valence-corrected chi connectivity index (χ1v) is 10.4. The van der Waals surface area contributed by atoms with Crippen LogP contribution in [0.15, 0.2) is 53.3 Å². The highest BCUT2D eigenvalue weighted by molar-refractivity contribution is 5.98. The minimum atomic E-state index is -0.535. The van der Waals surface area contributed by atoms with Crippen molar-refractivity contribution in [1.82, 2.24) is 9.88 Å². The van der Waals surface area contributed by atoms with Gasteiger partial charge in [0.1, 0.15) is 11.3 Å². The van der Waals surface area contributed by atoms with Crippen molar-refractivity contribution in [3.8, 4) is 0 Å². The Labute approximate surface area is 179 Å². The van der Waals surface area contributed by atoms with Crippen molar-refractivity contribution in [3.63, 3.8) is 0 Å². The topological polar surface area (TPSA) is 84.7 Å². The molecule has 8 heteroatoms. The lowest BCUT2D eigenvalue weighted by atomic mass is 9.89. The SMILES string of the molecule is O=C(Nc1cccc2ncoc12)OCCCN1CCC(C(=O)c2ccc(F)cc2)CC1. The summed E-state index contributed by atoms with van der Waals surface area (Å²) in [6.45, 7) is 2.73. The number of Topliss-reactive ketones (excluding diaryl/α,β-unsaturated/α-hetero) is 1. The van der Waals surface area contributed by atoms with Crippen LogP contribution >= 0.6 is 0 Å². The van der Waals surface area contributed by atoms with Crippen LogP contribution in [0.5, 0.6) is 0 Å². The van der Waals surface area contributed by atoms with Gasteiger partial charge >= 0.3 is 6.09 Å². The van der Waals surface area contributed by atoms with Crippen LogP contribution in [0.25, 0.3) is 11.1 Å². The number of nitrogens with one attached hydrogen (secondary N) is 1. The Morgan fingerprint density at radius 3 is 2.71 bits per heavy atom. The molecule has 0 unspecified atom stereocenters. The number of piperidine rings is 1. The van der Waals surface area contributed by atoms with Crippen LogP contribution in [0.4, 0.5) is 14.9 Å². The van der Waals surface area contributed by atoms with Gasteiger partial charge in [0.25, 0.3) is 0 Å². The number of likely N-dealkylation sites (tertiary alicyclic amines) is 1. The normalized spacial score (nSPS) is 15.1. The van der Waals surface area contributed by atoms with Crippen LogP contribution in [0, 0.1) is 11.7 Å². The molecule has 1 aromatic heterocycles. The quantitative estimate of drug-likeness (QED) is 0.443. The number of oxazole rings is 1. The summed E-state index contributed by atoms with van der Waals surface area (Å²) in [4.78, 5) is 30.9. The van der Waals surface area contributed by atoms with Gasteiger partial charge in [-0.15, -0.1) is 0 Å². The Hall–Kier alpha value is -3.26. The largest absolute Gasteiger partial charge is 0.449 e. The zero-order valence-electron chi connectivity index (χ0n) is 17.1. The molecule has 7 nitrogen and oxygen atoms in total. The summed E-state index contributed by atoms with van der Waals surface area (Å²) in [5.41, 5.74) is 2.27. The Morgan fingerprint density at radius 2 is 1.94 bits per heavy atom. The Bertz CT molecular complexity index is 1040. The first-order chi connectivity index (χ1) is 15.1. The maximum Gasteiger partial charge on any atom is 0.411 e. The van der Waals surface area contributed by atoms with E-state index in [1.54, 1.807) is 30.3 Å². The Balaban J connectivity index is 1.15. The third-order valence-electron chi connectivity index (χ3n) is 5.53.